The lowest BCUT2D eigenvalue weighted by Crippen LogP contribution is -2.25. The second kappa shape index (κ2) is 7.06. The van der Waals surface area contributed by atoms with E-state index in [-0.39, 0.29) is 0 Å². The van der Waals surface area contributed by atoms with Crippen LogP contribution in [0.1, 0.15) is 0 Å². The maximum absolute atomic E-state index is 14.0. The Bertz CT molecular complexity index is 792. The van der Waals surface area contributed by atoms with Crippen LogP contribution >= 0.6 is 7.14 Å². The highest BCUT2D eigenvalue weighted by atomic mass is 31.2. The Balaban J connectivity index is 2.11. The van der Waals surface area contributed by atoms with Gasteiger partial charge in [-0.3, -0.25) is 0 Å². The minimum absolute atomic E-state index is 0.293. The molecule has 3 aromatic rings. The first kappa shape index (κ1) is 16.5. The van der Waals surface area contributed by atoms with Gasteiger partial charge in [-0.15, -0.1) is 0 Å². The highest BCUT2D eigenvalue weighted by molar-refractivity contribution is 7.85. The Morgan fingerprint density at radius 1 is 0.667 bits per heavy atom. The summed E-state index contributed by atoms with van der Waals surface area (Å²) in [5.41, 5.74) is 0. The third-order valence-electron chi connectivity index (χ3n) is 3.68. The molecule has 0 saturated carbocycles. The highest BCUT2D eigenvalue weighted by Crippen LogP contribution is 2.42. The summed E-state index contributed by atoms with van der Waals surface area (Å²) < 4.78 is 18.8. The molecular formula is C18H16BO4P. The summed E-state index contributed by atoms with van der Waals surface area (Å²) in [6.45, 7) is 0. The van der Waals surface area contributed by atoms with Crippen molar-refractivity contribution in [2.24, 2.45) is 0 Å². The van der Waals surface area contributed by atoms with Crippen LogP contribution in [0.4, 0.5) is 0 Å². The Kier molecular flexibility index (Phi) is 4.86. The van der Waals surface area contributed by atoms with Gasteiger partial charge in [-0.25, -0.2) is 0 Å². The molecule has 0 heterocycles. The number of benzene rings is 3. The van der Waals surface area contributed by atoms with Gasteiger partial charge >= 0.3 is 7.32 Å². The third kappa shape index (κ3) is 3.29. The highest BCUT2D eigenvalue weighted by Gasteiger charge is 2.29. The average Bonchev–Trinajstić information content (AvgIpc) is 2.63. The van der Waals surface area contributed by atoms with Crippen LogP contribution in [0.15, 0.2) is 84.9 Å². The molecule has 0 aliphatic carbocycles. The Morgan fingerprint density at radius 2 is 1.08 bits per heavy atom. The molecule has 24 heavy (non-hydrogen) atoms. The minimum Gasteiger partial charge on any atom is -0.512 e. The summed E-state index contributed by atoms with van der Waals surface area (Å²) in [6.07, 6.45) is 0. The van der Waals surface area contributed by atoms with Gasteiger partial charge in [-0.2, -0.15) is 0 Å². The monoisotopic (exact) mass is 338 g/mol. The van der Waals surface area contributed by atoms with Crippen LogP contribution in [0.5, 0.6) is 5.75 Å². The van der Waals surface area contributed by atoms with E-state index in [0.717, 1.165) is 10.6 Å². The topological polar surface area (TPSA) is 66.8 Å². The van der Waals surface area contributed by atoms with Crippen molar-refractivity contribution in [1.29, 1.82) is 0 Å². The molecule has 0 fully saturated rings. The molecule has 2 N–H and O–H groups in total. The second-order valence-corrected chi connectivity index (χ2v) is 7.99. The van der Waals surface area contributed by atoms with Gasteiger partial charge in [0, 0.05) is 15.9 Å². The van der Waals surface area contributed by atoms with Gasteiger partial charge in [-0.05, 0) is 24.3 Å². The molecule has 0 aromatic heterocycles. The summed E-state index contributed by atoms with van der Waals surface area (Å²) in [4.78, 5) is 0. The standard InChI is InChI=1S/C18H16BO4P/c20-19(21)23-15-11-13-18(14-12-15)24(22,16-7-3-1-4-8-16)17-9-5-2-6-10-17/h1-14,20-21H. The van der Waals surface area contributed by atoms with Gasteiger partial charge < -0.3 is 19.3 Å². The van der Waals surface area contributed by atoms with Crippen molar-refractivity contribution >= 4 is 30.4 Å². The second-order valence-electron chi connectivity index (χ2n) is 5.22. The van der Waals surface area contributed by atoms with Crippen LogP contribution in [0.25, 0.3) is 0 Å². The summed E-state index contributed by atoms with van der Waals surface area (Å²) in [5, 5.41) is 19.9. The number of rotatable bonds is 5. The summed E-state index contributed by atoms with van der Waals surface area (Å²) in [6, 6.07) is 25.2. The predicted molar refractivity (Wildman–Crippen MR) is 96.7 cm³/mol. The molecule has 0 radical (unpaired) electrons. The van der Waals surface area contributed by atoms with E-state index in [1.54, 1.807) is 24.3 Å². The lowest BCUT2D eigenvalue weighted by atomic mass is 10.2. The van der Waals surface area contributed by atoms with E-state index >= 15 is 0 Å². The Hall–Kier alpha value is -2.33. The molecule has 0 aliphatic heterocycles. The van der Waals surface area contributed by atoms with E-state index in [0.29, 0.717) is 11.1 Å². The van der Waals surface area contributed by atoms with Crippen molar-refractivity contribution in [2.75, 3.05) is 0 Å². The van der Waals surface area contributed by atoms with Gasteiger partial charge in [0.1, 0.15) is 5.75 Å². The number of hydrogen-bond acceptors (Lipinski definition) is 4. The first-order valence-corrected chi connectivity index (χ1v) is 9.16. The number of hydrogen-bond donors (Lipinski definition) is 2. The van der Waals surface area contributed by atoms with Crippen LogP contribution < -0.4 is 20.6 Å². The molecule has 0 unspecified atom stereocenters. The molecular weight excluding hydrogens is 322 g/mol. The van der Waals surface area contributed by atoms with Gasteiger partial charge in [0.15, 0.2) is 7.14 Å². The van der Waals surface area contributed by atoms with Crippen LogP contribution in [-0.2, 0) is 4.57 Å². The molecule has 0 bridgehead atoms. The van der Waals surface area contributed by atoms with Crippen molar-refractivity contribution in [3.05, 3.63) is 84.9 Å². The molecule has 0 saturated heterocycles. The Labute approximate surface area is 140 Å². The van der Waals surface area contributed by atoms with Crippen LogP contribution in [0.2, 0.25) is 0 Å². The average molecular weight is 338 g/mol. The summed E-state index contributed by atoms with van der Waals surface area (Å²) >= 11 is 0. The molecule has 4 nitrogen and oxygen atoms in total. The maximum atomic E-state index is 14.0. The molecule has 0 spiro atoms. The van der Waals surface area contributed by atoms with Crippen molar-refractivity contribution in [2.45, 2.75) is 0 Å². The predicted octanol–water partition coefficient (Wildman–Crippen LogP) is 1.67. The van der Waals surface area contributed by atoms with Crippen LogP contribution in [0.3, 0.4) is 0 Å². The molecule has 0 aliphatic rings. The zero-order valence-corrected chi connectivity index (χ0v) is 13.7. The van der Waals surface area contributed by atoms with E-state index in [1.165, 1.54) is 0 Å². The normalized spacial score (nSPS) is 11.1. The lowest BCUT2D eigenvalue weighted by molar-refractivity contribution is 0.288. The van der Waals surface area contributed by atoms with E-state index in [9.17, 15) is 4.57 Å². The zero-order chi connectivity index (χ0) is 17.0. The molecule has 3 aromatic carbocycles. The fraction of sp³-hybridized carbons (Fsp3) is 0. The first-order chi connectivity index (χ1) is 11.6. The zero-order valence-electron chi connectivity index (χ0n) is 12.8. The van der Waals surface area contributed by atoms with Crippen molar-refractivity contribution in [1.82, 2.24) is 0 Å². The van der Waals surface area contributed by atoms with E-state index in [4.69, 9.17) is 14.7 Å². The fourth-order valence-corrected chi connectivity index (χ4v) is 5.23. The van der Waals surface area contributed by atoms with Gasteiger partial charge in [0.05, 0.1) is 0 Å². The molecule has 0 amide bonds. The first-order valence-electron chi connectivity index (χ1n) is 7.45. The maximum Gasteiger partial charge on any atom is 0.707 e. The largest absolute Gasteiger partial charge is 0.707 e. The molecule has 0 atom stereocenters. The Morgan fingerprint density at radius 3 is 1.50 bits per heavy atom. The van der Waals surface area contributed by atoms with Gasteiger partial charge in [0.25, 0.3) is 0 Å². The van der Waals surface area contributed by atoms with E-state index in [2.05, 4.69) is 0 Å². The van der Waals surface area contributed by atoms with Gasteiger partial charge in [0.2, 0.25) is 0 Å². The minimum atomic E-state index is -3.01. The molecule has 6 heteroatoms. The van der Waals surface area contributed by atoms with E-state index in [1.807, 2.05) is 60.7 Å². The quantitative estimate of drug-likeness (QED) is 0.549. The SMILES string of the molecule is O=P(c1ccccc1)(c1ccccc1)c1ccc(OB(O)O)cc1. The van der Waals surface area contributed by atoms with Crippen molar-refractivity contribution in [3.63, 3.8) is 0 Å². The van der Waals surface area contributed by atoms with E-state index < -0.39 is 14.5 Å². The fourth-order valence-electron chi connectivity index (χ4n) is 2.58. The van der Waals surface area contributed by atoms with Crippen molar-refractivity contribution in [3.8, 4) is 5.75 Å². The smallest absolute Gasteiger partial charge is 0.512 e. The van der Waals surface area contributed by atoms with Gasteiger partial charge in [-0.1, -0.05) is 60.7 Å². The molecule has 120 valence electrons. The summed E-state index contributed by atoms with van der Waals surface area (Å²) in [7, 11) is -4.89. The van der Waals surface area contributed by atoms with Crippen LogP contribution in [0, 0.1) is 0 Å². The van der Waals surface area contributed by atoms with Crippen LogP contribution in [-0.4, -0.2) is 17.4 Å². The summed E-state index contributed by atoms with van der Waals surface area (Å²) in [5.74, 6) is 0.293. The third-order valence-corrected chi connectivity index (χ3v) is 6.76. The molecule has 3 rings (SSSR count). The lowest BCUT2D eigenvalue weighted by Gasteiger charge is -2.20. The van der Waals surface area contributed by atoms with Crippen molar-refractivity contribution < 1.29 is 19.3 Å².